The number of hydrogen-bond donors (Lipinski definition) is 1. The maximum atomic E-state index is 6.04. The van der Waals surface area contributed by atoms with Gasteiger partial charge in [0.25, 0.3) is 0 Å². The van der Waals surface area contributed by atoms with E-state index < -0.39 is 0 Å². The van der Waals surface area contributed by atoms with Crippen LogP contribution >= 0.6 is 11.6 Å². The van der Waals surface area contributed by atoms with Gasteiger partial charge in [0.1, 0.15) is 0 Å². The van der Waals surface area contributed by atoms with Crippen LogP contribution in [0, 0.1) is 5.41 Å². The first-order chi connectivity index (χ1) is 8.24. The topological polar surface area (TPSA) is 21.3 Å². The molecular formula is C14H20ClNO. The monoisotopic (exact) mass is 253 g/mol. The van der Waals surface area contributed by atoms with Crippen LogP contribution in [0.4, 0.5) is 0 Å². The Morgan fingerprint density at radius 2 is 2.35 bits per heavy atom. The molecule has 0 saturated carbocycles. The molecule has 1 unspecified atom stereocenters. The highest BCUT2D eigenvalue weighted by Crippen LogP contribution is 2.32. The second-order valence-electron chi connectivity index (χ2n) is 4.99. The molecule has 1 saturated heterocycles. The largest absolute Gasteiger partial charge is 0.381 e. The smallest absolute Gasteiger partial charge is 0.0537 e. The van der Waals surface area contributed by atoms with Gasteiger partial charge in [0, 0.05) is 23.6 Å². The Bertz CT molecular complexity index is 355. The lowest BCUT2D eigenvalue weighted by Crippen LogP contribution is -2.41. The summed E-state index contributed by atoms with van der Waals surface area (Å²) in [6.07, 6.45) is 3.41. The molecule has 1 aromatic rings. The number of benzene rings is 1. The maximum absolute atomic E-state index is 6.04. The molecule has 3 heteroatoms. The van der Waals surface area contributed by atoms with E-state index in [1.807, 2.05) is 19.2 Å². The summed E-state index contributed by atoms with van der Waals surface area (Å²) < 4.78 is 5.67. The van der Waals surface area contributed by atoms with Crippen LogP contribution in [0.3, 0.4) is 0 Å². The predicted molar refractivity (Wildman–Crippen MR) is 71.6 cm³/mol. The van der Waals surface area contributed by atoms with E-state index in [4.69, 9.17) is 16.3 Å². The minimum atomic E-state index is 0.234. The molecule has 0 aromatic heterocycles. The van der Waals surface area contributed by atoms with Crippen molar-refractivity contribution in [2.24, 2.45) is 5.41 Å². The standard InChI is InChI=1S/C14H20ClNO/c1-16-10-14(6-3-7-17-11-14)9-12-4-2-5-13(15)8-12/h2,4-5,8,16H,3,6-7,9-11H2,1H3. The summed E-state index contributed by atoms with van der Waals surface area (Å²) in [5, 5.41) is 4.12. The Balaban J connectivity index is 2.11. The summed E-state index contributed by atoms with van der Waals surface area (Å²) >= 11 is 6.04. The number of nitrogens with one attached hydrogen (secondary N) is 1. The van der Waals surface area contributed by atoms with Gasteiger partial charge in [-0.25, -0.2) is 0 Å². The van der Waals surface area contributed by atoms with Crippen LogP contribution in [-0.2, 0) is 11.2 Å². The van der Waals surface area contributed by atoms with Crippen molar-refractivity contribution < 1.29 is 4.74 Å². The first kappa shape index (κ1) is 12.9. The second-order valence-corrected chi connectivity index (χ2v) is 5.43. The fraction of sp³-hybridized carbons (Fsp3) is 0.571. The molecule has 94 valence electrons. The van der Waals surface area contributed by atoms with E-state index in [0.717, 1.165) is 37.6 Å². The summed E-state index contributed by atoms with van der Waals surface area (Å²) in [4.78, 5) is 0. The Labute approximate surface area is 108 Å². The molecule has 1 aliphatic rings. The third kappa shape index (κ3) is 3.44. The Hall–Kier alpha value is -0.570. The van der Waals surface area contributed by atoms with Crippen molar-refractivity contribution in [2.75, 3.05) is 26.8 Å². The molecule has 2 nitrogen and oxygen atoms in total. The van der Waals surface area contributed by atoms with E-state index >= 15 is 0 Å². The quantitative estimate of drug-likeness (QED) is 0.891. The van der Waals surface area contributed by atoms with Crippen molar-refractivity contribution in [3.63, 3.8) is 0 Å². The molecule has 1 fully saturated rings. The third-order valence-corrected chi connectivity index (χ3v) is 3.66. The Morgan fingerprint density at radius 1 is 1.47 bits per heavy atom. The minimum Gasteiger partial charge on any atom is -0.381 e. The van der Waals surface area contributed by atoms with Gasteiger partial charge in [-0.2, -0.15) is 0 Å². The van der Waals surface area contributed by atoms with E-state index in [9.17, 15) is 0 Å². The molecule has 1 aromatic carbocycles. The van der Waals surface area contributed by atoms with Crippen molar-refractivity contribution in [3.05, 3.63) is 34.9 Å². The normalized spacial score (nSPS) is 24.8. The highest BCUT2D eigenvalue weighted by Gasteiger charge is 2.32. The van der Waals surface area contributed by atoms with Crippen molar-refractivity contribution in [2.45, 2.75) is 19.3 Å². The number of rotatable bonds is 4. The lowest BCUT2D eigenvalue weighted by Gasteiger charge is -2.37. The number of ether oxygens (including phenoxy) is 1. The van der Waals surface area contributed by atoms with E-state index in [-0.39, 0.29) is 5.41 Å². The predicted octanol–water partition coefficient (Wildman–Crippen LogP) is 2.90. The molecule has 2 rings (SSSR count). The molecule has 1 N–H and O–H groups in total. The van der Waals surface area contributed by atoms with Gasteiger partial charge in [-0.1, -0.05) is 23.7 Å². The minimum absolute atomic E-state index is 0.234. The number of hydrogen-bond acceptors (Lipinski definition) is 2. The van der Waals surface area contributed by atoms with Gasteiger partial charge in [0.05, 0.1) is 6.61 Å². The molecule has 0 radical (unpaired) electrons. The summed E-state index contributed by atoms with van der Waals surface area (Å²) in [6.45, 7) is 2.75. The van der Waals surface area contributed by atoms with Gasteiger partial charge >= 0.3 is 0 Å². The van der Waals surface area contributed by atoms with Crippen LogP contribution in [0.5, 0.6) is 0 Å². The highest BCUT2D eigenvalue weighted by atomic mass is 35.5. The van der Waals surface area contributed by atoms with Crippen molar-refractivity contribution in [3.8, 4) is 0 Å². The fourth-order valence-electron chi connectivity index (χ4n) is 2.71. The zero-order valence-electron chi connectivity index (χ0n) is 10.3. The molecule has 0 amide bonds. The van der Waals surface area contributed by atoms with Crippen LogP contribution in [0.1, 0.15) is 18.4 Å². The molecule has 1 atom stereocenters. The van der Waals surface area contributed by atoms with Gasteiger partial charge in [0.2, 0.25) is 0 Å². The SMILES string of the molecule is CNCC1(Cc2cccc(Cl)c2)CCCOC1. The van der Waals surface area contributed by atoms with E-state index in [0.29, 0.717) is 0 Å². The first-order valence-electron chi connectivity index (χ1n) is 6.21. The summed E-state index contributed by atoms with van der Waals surface area (Å²) in [6, 6.07) is 8.16. The van der Waals surface area contributed by atoms with Crippen LogP contribution in [-0.4, -0.2) is 26.8 Å². The van der Waals surface area contributed by atoms with E-state index in [2.05, 4.69) is 17.4 Å². The van der Waals surface area contributed by atoms with Crippen molar-refractivity contribution in [1.29, 1.82) is 0 Å². The highest BCUT2D eigenvalue weighted by molar-refractivity contribution is 6.30. The van der Waals surface area contributed by atoms with E-state index in [1.165, 1.54) is 12.0 Å². The van der Waals surface area contributed by atoms with Gasteiger partial charge in [-0.15, -0.1) is 0 Å². The second kappa shape index (κ2) is 5.85. The molecule has 0 spiro atoms. The lowest BCUT2D eigenvalue weighted by molar-refractivity contribution is -0.00623. The molecule has 0 bridgehead atoms. The average Bonchev–Trinajstić information content (AvgIpc) is 2.30. The first-order valence-corrected chi connectivity index (χ1v) is 6.59. The van der Waals surface area contributed by atoms with Crippen molar-refractivity contribution in [1.82, 2.24) is 5.32 Å². The van der Waals surface area contributed by atoms with Gasteiger partial charge < -0.3 is 10.1 Å². The summed E-state index contributed by atoms with van der Waals surface area (Å²) in [5.41, 5.74) is 1.54. The molecular weight excluding hydrogens is 234 g/mol. The van der Waals surface area contributed by atoms with Gasteiger partial charge in [0.15, 0.2) is 0 Å². The van der Waals surface area contributed by atoms with Crippen molar-refractivity contribution >= 4 is 11.6 Å². The van der Waals surface area contributed by atoms with Gasteiger partial charge in [-0.3, -0.25) is 0 Å². The zero-order valence-corrected chi connectivity index (χ0v) is 11.1. The lowest BCUT2D eigenvalue weighted by atomic mass is 9.77. The molecule has 17 heavy (non-hydrogen) atoms. The van der Waals surface area contributed by atoms with Crippen LogP contribution in [0.15, 0.2) is 24.3 Å². The molecule has 1 heterocycles. The Morgan fingerprint density at radius 3 is 3.00 bits per heavy atom. The van der Waals surface area contributed by atoms with Crippen LogP contribution < -0.4 is 5.32 Å². The summed E-state index contributed by atoms with van der Waals surface area (Å²) in [7, 11) is 2.01. The fourth-order valence-corrected chi connectivity index (χ4v) is 2.92. The van der Waals surface area contributed by atoms with Gasteiger partial charge in [-0.05, 0) is 44.0 Å². The Kier molecular flexibility index (Phi) is 4.43. The molecule has 1 aliphatic heterocycles. The molecule has 0 aliphatic carbocycles. The van der Waals surface area contributed by atoms with Crippen LogP contribution in [0.2, 0.25) is 5.02 Å². The summed E-state index contributed by atoms with van der Waals surface area (Å²) in [5.74, 6) is 0. The number of halogens is 1. The average molecular weight is 254 g/mol. The van der Waals surface area contributed by atoms with E-state index in [1.54, 1.807) is 0 Å². The third-order valence-electron chi connectivity index (χ3n) is 3.42. The zero-order chi connectivity index (χ0) is 12.1. The van der Waals surface area contributed by atoms with Crippen LogP contribution in [0.25, 0.3) is 0 Å². The maximum Gasteiger partial charge on any atom is 0.0537 e.